The minimum absolute atomic E-state index is 0.00961. The first kappa shape index (κ1) is 12.2. The summed E-state index contributed by atoms with van der Waals surface area (Å²) in [6, 6.07) is 0. The van der Waals surface area contributed by atoms with Gasteiger partial charge in [-0.2, -0.15) is 5.10 Å². The maximum atomic E-state index is 9.28. The van der Waals surface area contributed by atoms with E-state index in [2.05, 4.69) is 46.6 Å². The Morgan fingerprint density at radius 3 is 2.00 bits per heavy atom. The molecule has 3 nitrogen and oxygen atoms in total. The second-order valence-corrected chi connectivity index (χ2v) is 6.01. The smallest absolute Gasteiger partial charge is 0.0916 e. The van der Waals surface area contributed by atoms with Crippen LogP contribution in [-0.2, 0) is 17.6 Å². The average Bonchev–Trinajstić information content (AvgIpc) is 2.44. The molecule has 0 bridgehead atoms. The largest absolute Gasteiger partial charge is 0.390 e. The molecule has 0 atom stereocenters. The van der Waals surface area contributed by atoms with Gasteiger partial charge in [0.25, 0.3) is 0 Å². The molecule has 1 aromatic rings. The van der Waals surface area contributed by atoms with E-state index in [4.69, 9.17) is 0 Å². The highest BCUT2D eigenvalue weighted by atomic mass is 16.3. The summed E-state index contributed by atoms with van der Waals surface area (Å²) < 4.78 is 1.93. The molecule has 0 saturated carbocycles. The van der Waals surface area contributed by atoms with Gasteiger partial charge < -0.3 is 5.11 Å². The zero-order valence-corrected chi connectivity index (χ0v) is 10.6. The van der Waals surface area contributed by atoms with Gasteiger partial charge in [-0.15, -0.1) is 0 Å². The lowest BCUT2D eigenvalue weighted by Crippen LogP contribution is -2.22. The van der Waals surface area contributed by atoms with Crippen molar-refractivity contribution in [3.63, 3.8) is 0 Å². The number of aromatic nitrogens is 2. The molecule has 15 heavy (non-hydrogen) atoms. The van der Waals surface area contributed by atoms with Crippen molar-refractivity contribution in [1.82, 2.24) is 9.78 Å². The van der Waals surface area contributed by atoms with Crippen LogP contribution in [0.4, 0.5) is 0 Å². The van der Waals surface area contributed by atoms with Gasteiger partial charge in [-0.05, 0) is 26.2 Å². The number of rotatable bonds is 1. The van der Waals surface area contributed by atoms with Gasteiger partial charge in [-0.1, -0.05) is 20.8 Å². The van der Waals surface area contributed by atoms with Crippen molar-refractivity contribution in [3.8, 4) is 0 Å². The van der Waals surface area contributed by atoms with Crippen LogP contribution in [-0.4, -0.2) is 14.9 Å². The summed E-state index contributed by atoms with van der Waals surface area (Å²) in [4.78, 5) is 0. The highest BCUT2D eigenvalue weighted by molar-refractivity contribution is 5.25. The molecule has 0 unspecified atom stereocenters. The molecule has 1 rings (SSSR count). The van der Waals surface area contributed by atoms with Gasteiger partial charge in [-0.25, -0.2) is 0 Å². The molecule has 1 N–H and O–H groups in total. The van der Waals surface area contributed by atoms with Crippen molar-refractivity contribution in [2.75, 3.05) is 0 Å². The Kier molecular flexibility index (Phi) is 2.97. The summed E-state index contributed by atoms with van der Waals surface area (Å²) in [6.45, 7) is 12.7. The molecule has 0 saturated heterocycles. The fourth-order valence-corrected chi connectivity index (χ4v) is 1.50. The van der Waals surface area contributed by atoms with Gasteiger partial charge in [0.2, 0.25) is 0 Å². The minimum atomic E-state index is -0.0343. The van der Waals surface area contributed by atoms with Crippen LogP contribution in [0, 0.1) is 0 Å². The van der Waals surface area contributed by atoms with E-state index in [1.807, 2.05) is 10.9 Å². The van der Waals surface area contributed by atoms with Crippen LogP contribution in [0.25, 0.3) is 0 Å². The Morgan fingerprint density at radius 1 is 1.20 bits per heavy atom. The second kappa shape index (κ2) is 3.63. The topological polar surface area (TPSA) is 38.0 Å². The van der Waals surface area contributed by atoms with Crippen LogP contribution in [0.5, 0.6) is 0 Å². The molecule has 0 amide bonds. The molecule has 3 heteroatoms. The van der Waals surface area contributed by atoms with Crippen LogP contribution in [0.15, 0.2) is 6.20 Å². The van der Waals surface area contributed by atoms with Crippen molar-refractivity contribution in [2.45, 2.75) is 59.1 Å². The monoisotopic (exact) mass is 210 g/mol. The quantitative estimate of drug-likeness (QED) is 0.773. The first-order valence-corrected chi connectivity index (χ1v) is 5.36. The fraction of sp³-hybridized carbons (Fsp3) is 0.750. The molecular formula is C12H22N2O. The molecular weight excluding hydrogens is 188 g/mol. The third kappa shape index (κ3) is 2.59. The number of aliphatic hydroxyl groups excluding tert-OH is 1. The standard InChI is InChI=1S/C12H22N2O/c1-11(2,3)9-7-14(12(4,5)6)13-10(9)8-15/h7,15H,8H2,1-6H3. The van der Waals surface area contributed by atoms with Crippen molar-refractivity contribution in [1.29, 1.82) is 0 Å². The van der Waals surface area contributed by atoms with E-state index in [0.29, 0.717) is 0 Å². The maximum Gasteiger partial charge on any atom is 0.0916 e. The molecule has 0 aliphatic carbocycles. The van der Waals surface area contributed by atoms with E-state index >= 15 is 0 Å². The molecule has 86 valence electrons. The summed E-state index contributed by atoms with van der Waals surface area (Å²) in [5, 5.41) is 13.7. The number of aliphatic hydroxyl groups is 1. The predicted octanol–water partition coefficient (Wildman–Crippen LogP) is 2.43. The minimum Gasteiger partial charge on any atom is -0.390 e. The first-order chi connectivity index (χ1) is 6.66. The molecule has 0 aliphatic heterocycles. The molecule has 1 aromatic heterocycles. The van der Waals surface area contributed by atoms with Crippen LogP contribution in [0.1, 0.15) is 52.8 Å². The van der Waals surface area contributed by atoms with Crippen LogP contribution < -0.4 is 0 Å². The Morgan fingerprint density at radius 2 is 1.73 bits per heavy atom. The van der Waals surface area contributed by atoms with Gasteiger partial charge in [0.15, 0.2) is 0 Å². The molecule has 0 aliphatic rings. The summed E-state index contributed by atoms with van der Waals surface area (Å²) in [6.07, 6.45) is 2.05. The molecule has 1 heterocycles. The second-order valence-electron chi connectivity index (χ2n) is 6.01. The lowest BCUT2D eigenvalue weighted by molar-refractivity contribution is 0.268. The van der Waals surface area contributed by atoms with E-state index in [1.165, 1.54) is 0 Å². The van der Waals surface area contributed by atoms with Crippen LogP contribution in [0.2, 0.25) is 0 Å². The highest BCUT2D eigenvalue weighted by Gasteiger charge is 2.24. The lowest BCUT2D eigenvalue weighted by atomic mass is 9.87. The number of hydrogen-bond donors (Lipinski definition) is 1. The molecule has 0 spiro atoms. The van der Waals surface area contributed by atoms with Crippen molar-refractivity contribution in [3.05, 3.63) is 17.5 Å². The summed E-state index contributed by atoms with van der Waals surface area (Å²) in [7, 11) is 0. The van der Waals surface area contributed by atoms with Crippen molar-refractivity contribution >= 4 is 0 Å². The third-order valence-electron chi connectivity index (χ3n) is 2.44. The predicted molar refractivity (Wildman–Crippen MR) is 61.8 cm³/mol. The zero-order valence-electron chi connectivity index (χ0n) is 10.6. The van der Waals surface area contributed by atoms with E-state index in [-0.39, 0.29) is 17.6 Å². The van der Waals surface area contributed by atoms with Gasteiger partial charge in [0.05, 0.1) is 17.8 Å². The number of hydrogen-bond acceptors (Lipinski definition) is 2. The van der Waals surface area contributed by atoms with Crippen LogP contribution >= 0.6 is 0 Å². The van der Waals surface area contributed by atoms with Gasteiger partial charge in [-0.3, -0.25) is 4.68 Å². The lowest BCUT2D eigenvalue weighted by Gasteiger charge is -2.20. The SMILES string of the molecule is CC(C)(C)c1cn(C(C)(C)C)nc1CO. The number of nitrogens with zero attached hydrogens (tertiary/aromatic N) is 2. The Balaban J connectivity index is 3.24. The van der Waals surface area contributed by atoms with Gasteiger partial charge in [0.1, 0.15) is 0 Å². The molecule has 0 radical (unpaired) electrons. The van der Waals surface area contributed by atoms with E-state index in [0.717, 1.165) is 11.3 Å². The summed E-state index contributed by atoms with van der Waals surface area (Å²) >= 11 is 0. The molecule has 0 aromatic carbocycles. The normalized spacial score (nSPS) is 13.3. The average molecular weight is 210 g/mol. The maximum absolute atomic E-state index is 9.28. The molecule has 0 fully saturated rings. The van der Waals surface area contributed by atoms with Crippen LogP contribution in [0.3, 0.4) is 0 Å². The highest BCUT2D eigenvalue weighted by Crippen LogP contribution is 2.27. The Hall–Kier alpha value is -0.830. The summed E-state index contributed by atoms with van der Waals surface area (Å²) in [5.41, 5.74) is 1.91. The van der Waals surface area contributed by atoms with Crippen molar-refractivity contribution < 1.29 is 5.11 Å². The van der Waals surface area contributed by atoms with E-state index in [9.17, 15) is 5.11 Å². The fourth-order valence-electron chi connectivity index (χ4n) is 1.50. The Labute approximate surface area is 92.1 Å². The zero-order chi connectivity index (χ0) is 11.9. The summed E-state index contributed by atoms with van der Waals surface area (Å²) in [5.74, 6) is 0. The third-order valence-corrected chi connectivity index (χ3v) is 2.44. The van der Waals surface area contributed by atoms with E-state index < -0.39 is 0 Å². The van der Waals surface area contributed by atoms with Gasteiger partial charge >= 0.3 is 0 Å². The van der Waals surface area contributed by atoms with Crippen molar-refractivity contribution in [2.24, 2.45) is 0 Å². The Bertz CT molecular complexity index is 339. The first-order valence-electron chi connectivity index (χ1n) is 5.36. The van der Waals surface area contributed by atoms with Gasteiger partial charge in [0, 0.05) is 11.8 Å². The van der Waals surface area contributed by atoms with E-state index in [1.54, 1.807) is 0 Å².